The van der Waals surface area contributed by atoms with Crippen molar-refractivity contribution in [1.29, 1.82) is 0 Å². The van der Waals surface area contributed by atoms with Crippen molar-refractivity contribution in [3.05, 3.63) is 39.9 Å². The molecular formula is C11H6Cl2F3NO3. The van der Waals surface area contributed by atoms with Crippen molar-refractivity contribution in [2.75, 3.05) is 5.32 Å². The fourth-order valence-electron chi connectivity index (χ4n) is 1.15. The Morgan fingerprint density at radius 1 is 1.15 bits per heavy atom. The van der Waals surface area contributed by atoms with Gasteiger partial charge in [-0.05, 0) is 18.2 Å². The Hall–Kier alpha value is -1.73. The van der Waals surface area contributed by atoms with Crippen molar-refractivity contribution in [1.82, 2.24) is 0 Å². The Labute approximate surface area is 120 Å². The lowest BCUT2D eigenvalue weighted by Gasteiger charge is -2.09. The number of amides is 1. The molecule has 0 aliphatic carbocycles. The molecule has 1 aromatic rings. The van der Waals surface area contributed by atoms with Crippen molar-refractivity contribution in [3.63, 3.8) is 0 Å². The molecule has 2 N–H and O–H groups in total. The van der Waals surface area contributed by atoms with E-state index in [2.05, 4.69) is 0 Å². The van der Waals surface area contributed by atoms with Crippen molar-refractivity contribution in [2.45, 2.75) is 6.18 Å². The maximum atomic E-state index is 12.5. The van der Waals surface area contributed by atoms with Crippen LogP contribution in [-0.4, -0.2) is 17.0 Å². The first-order chi connectivity index (χ1) is 9.12. The number of hydrogen-bond acceptors (Lipinski definition) is 2. The smallest absolute Gasteiger partial charge is 0.416 e. The summed E-state index contributed by atoms with van der Waals surface area (Å²) in [6, 6.07) is 3.76. The zero-order chi connectivity index (χ0) is 15.5. The Balaban J connectivity index is 2.98. The molecule has 0 aromatic heterocycles. The number of anilines is 1. The maximum absolute atomic E-state index is 12.5. The van der Waals surface area contributed by atoms with Crippen molar-refractivity contribution in [3.8, 4) is 0 Å². The lowest BCUT2D eigenvalue weighted by atomic mass is 10.2. The summed E-state index contributed by atoms with van der Waals surface area (Å²) < 4.78 is 37.4. The number of aliphatic carboxylic acids is 1. The molecule has 20 heavy (non-hydrogen) atoms. The third-order valence-corrected chi connectivity index (χ3v) is 2.84. The quantitative estimate of drug-likeness (QED) is 0.836. The van der Waals surface area contributed by atoms with Gasteiger partial charge in [0.1, 0.15) is 10.1 Å². The zero-order valence-corrected chi connectivity index (χ0v) is 11.0. The van der Waals surface area contributed by atoms with Crippen LogP contribution in [-0.2, 0) is 15.8 Å². The van der Waals surface area contributed by atoms with Crippen LogP contribution < -0.4 is 5.32 Å². The SMILES string of the molecule is O=C(O)C(Cl)=C(Cl)C(=O)Nc1cccc(C(F)(F)F)c1. The highest BCUT2D eigenvalue weighted by Crippen LogP contribution is 2.30. The van der Waals surface area contributed by atoms with Gasteiger partial charge in [-0.3, -0.25) is 4.79 Å². The van der Waals surface area contributed by atoms with Crippen LogP contribution in [0.15, 0.2) is 34.3 Å². The summed E-state index contributed by atoms with van der Waals surface area (Å²) in [7, 11) is 0. The molecule has 4 nitrogen and oxygen atoms in total. The van der Waals surface area contributed by atoms with E-state index in [0.29, 0.717) is 6.07 Å². The number of nitrogens with one attached hydrogen (secondary N) is 1. The van der Waals surface area contributed by atoms with Crippen LogP contribution in [0.4, 0.5) is 18.9 Å². The molecule has 0 heterocycles. The second-order valence-electron chi connectivity index (χ2n) is 3.47. The Bertz CT molecular complexity index is 585. The summed E-state index contributed by atoms with van der Waals surface area (Å²) in [4.78, 5) is 22.0. The number of carbonyl (C=O) groups is 2. The summed E-state index contributed by atoms with van der Waals surface area (Å²) >= 11 is 10.6. The number of alkyl halides is 3. The Morgan fingerprint density at radius 3 is 2.25 bits per heavy atom. The van der Waals surface area contributed by atoms with Gasteiger partial charge in [0.25, 0.3) is 5.91 Å². The van der Waals surface area contributed by atoms with Crippen LogP contribution in [0.25, 0.3) is 0 Å². The van der Waals surface area contributed by atoms with E-state index in [1.54, 1.807) is 0 Å². The van der Waals surface area contributed by atoms with Crippen LogP contribution in [0, 0.1) is 0 Å². The minimum absolute atomic E-state index is 0.196. The number of hydrogen-bond donors (Lipinski definition) is 2. The molecule has 0 saturated heterocycles. The molecule has 0 radical (unpaired) electrons. The molecule has 0 spiro atoms. The second-order valence-corrected chi connectivity index (χ2v) is 4.22. The molecule has 0 fully saturated rings. The summed E-state index contributed by atoms with van der Waals surface area (Å²) in [5.74, 6) is -2.76. The summed E-state index contributed by atoms with van der Waals surface area (Å²) in [5, 5.41) is 8.76. The fourth-order valence-corrected chi connectivity index (χ4v) is 1.37. The van der Waals surface area contributed by atoms with Crippen molar-refractivity contribution < 1.29 is 27.9 Å². The van der Waals surface area contributed by atoms with Gasteiger partial charge in [0.05, 0.1) is 5.56 Å². The Kier molecular flexibility index (Phi) is 5.02. The summed E-state index contributed by atoms with van der Waals surface area (Å²) in [6.45, 7) is 0. The highest BCUT2D eigenvalue weighted by atomic mass is 35.5. The standard InChI is InChI=1S/C11H6Cl2F3NO3/c12-7(8(13)10(19)20)9(18)17-6-3-1-2-5(4-6)11(14,15)16/h1-4H,(H,17,18)(H,19,20). The van der Waals surface area contributed by atoms with Gasteiger partial charge < -0.3 is 10.4 Å². The average Bonchev–Trinajstić information content (AvgIpc) is 2.36. The molecule has 9 heteroatoms. The highest BCUT2D eigenvalue weighted by molar-refractivity contribution is 6.54. The molecule has 1 aromatic carbocycles. The van der Waals surface area contributed by atoms with Gasteiger partial charge in [-0.25, -0.2) is 4.79 Å². The molecule has 0 bridgehead atoms. The molecule has 1 rings (SSSR count). The number of rotatable bonds is 3. The lowest BCUT2D eigenvalue weighted by Crippen LogP contribution is -2.15. The zero-order valence-electron chi connectivity index (χ0n) is 9.46. The highest BCUT2D eigenvalue weighted by Gasteiger charge is 2.30. The minimum atomic E-state index is -4.57. The predicted molar refractivity (Wildman–Crippen MR) is 66.4 cm³/mol. The van der Waals surface area contributed by atoms with E-state index in [-0.39, 0.29) is 5.69 Å². The summed E-state index contributed by atoms with van der Waals surface area (Å²) in [5.41, 5.74) is -1.17. The van der Waals surface area contributed by atoms with Gasteiger partial charge in [-0.15, -0.1) is 0 Å². The first-order valence-electron chi connectivity index (χ1n) is 4.90. The normalized spacial score (nSPS) is 12.7. The number of halogens is 5. The molecule has 1 amide bonds. The number of carbonyl (C=O) groups excluding carboxylic acids is 1. The molecule has 0 aliphatic rings. The van der Waals surface area contributed by atoms with E-state index in [1.165, 1.54) is 6.07 Å². The van der Waals surface area contributed by atoms with Gasteiger partial charge in [0, 0.05) is 5.69 Å². The first-order valence-corrected chi connectivity index (χ1v) is 5.65. The third-order valence-electron chi connectivity index (χ3n) is 2.03. The van der Waals surface area contributed by atoms with Crippen molar-refractivity contribution in [2.24, 2.45) is 0 Å². The molecule has 0 unspecified atom stereocenters. The maximum Gasteiger partial charge on any atom is 0.416 e. The Morgan fingerprint density at radius 2 is 1.75 bits per heavy atom. The topological polar surface area (TPSA) is 66.4 Å². The van der Waals surface area contributed by atoms with E-state index in [4.69, 9.17) is 28.3 Å². The van der Waals surface area contributed by atoms with Crippen LogP contribution in [0.1, 0.15) is 5.56 Å². The van der Waals surface area contributed by atoms with Gasteiger partial charge in [0.15, 0.2) is 0 Å². The van der Waals surface area contributed by atoms with Gasteiger partial charge in [-0.2, -0.15) is 13.2 Å². The lowest BCUT2D eigenvalue weighted by molar-refractivity contribution is -0.137. The third kappa shape index (κ3) is 4.14. The molecular weight excluding hydrogens is 322 g/mol. The monoisotopic (exact) mass is 327 g/mol. The number of carboxylic acid groups (broad SMARTS) is 1. The van der Waals surface area contributed by atoms with Crippen LogP contribution in [0.2, 0.25) is 0 Å². The molecule has 0 aliphatic heterocycles. The molecule has 0 atom stereocenters. The van der Waals surface area contributed by atoms with Gasteiger partial charge >= 0.3 is 12.1 Å². The summed E-state index contributed by atoms with van der Waals surface area (Å²) in [6.07, 6.45) is -4.57. The van der Waals surface area contributed by atoms with Crippen LogP contribution >= 0.6 is 23.2 Å². The minimum Gasteiger partial charge on any atom is -0.477 e. The number of carboxylic acids is 1. The molecule has 108 valence electrons. The number of benzene rings is 1. The van der Waals surface area contributed by atoms with Gasteiger partial charge in [0.2, 0.25) is 0 Å². The average molecular weight is 328 g/mol. The predicted octanol–water partition coefficient (Wildman–Crippen LogP) is 3.42. The fraction of sp³-hybridized carbons (Fsp3) is 0.0909. The van der Waals surface area contributed by atoms with Crippen LogP contribution in [0.3, 0.4) is 0 Å². The van der Waals surface area contributed by atoms with Crippen LogP contribution in [0.5, 0.6) is 0 Å². The van der Waals surface area contributed by atoms with E-state index in [9.17, 15) is 22.8 Å². The van der Waals surface area contributed by atoms with Crippen molar-refractivity contribution >= 4 is 40.8 Å². The largest absolute Gasteiger partial charge is 0.477 e. The van der Waals surface area contributed by atoms with E-state index >= 15 is 0 Å². The molecule has 0 saturated carbocycles. The van der Waals surface area contributed by atoms with Gasteiger partial charge in [-0.1, -0.05) is 29.3 Å². The van der Waals surface area contributed by atoms with E-state index in [1.807, 2.05) is 5.32 Å². The second kappa shape index (κ2) is 6.15. The van der Waals surface area contributed by atoms with E-state index in [0.717, 1.165) is 12.1 Å². The first kappa shape index (κ1) is 16.3. The van der Waals surface area contributed by atoms with E-state index < -0.39 is 33.7 Å².